The van der Waals surface area contributed by atoms with E-state index < -0.39 is 27.7 Å². The summed E-state index contributed by atoms with van der Waals surface area (Å²) in [5.74, 6) is -0.565. The molecular formula is C30H31NO6S. The Morgan fingerprint density at radius 1 is 1.00 bits per heavy atom. The summed E-state index contributed by atoms with van der Waals surface area (Å²) in [5.41, 5.74) is 3.13. The van der Waals surface area contributed by atoms with Gasteiger partial charge in [-0.2, -0.15) is 4.72 Å². The lowest BCUT2D eigenvalue weighted by Crippen LogP contribution is -2.42. The first kappa shape index (κ1) is 27.3. The molecule has 1 N–H and O–H groups in total. The number of carbonyl (C=O) groups is 1. The molecule has 38 heavy (non-hydrogen) atoms. The maximum Gasteiger partial charge on any atom is 0.340 e. The molecule has 1 atom stereocenters. The fourth-order valence-corrected chi connectivity index (χ4v) is 5.45. The van der Waals surface area contributed by atoms with Gasteiger partial charge in [0.2, 0.25) is 10.0 Å². The predicted octanol–water partition coefficient (Wildman–Crippen LogP) is 5.44. The summed E-state index contributed by atoms with van der Waals surface area (Å²) in [5, 5.41) is 0.734. The fourth-order valence-electron chi connectivity index (χ4n) is 4.24. The van der Waals surface area contributed by atoms with Crippen molar-refractivity contribution in [2.24, 2.45) is 0 Å². The largest absolute Gasteiger partial charge is 0.425 e. The lowest BCUT2D eigenvalue weighted by molar-refractivity contribution is -0.136. The van der Waals surface area contributed by atoms with Gasteiger partial charge in [0.15, 0.2) is 0 Å². The Hall–Kier alpha value is -3.75. The molecular weight excluding hydrogens is 502 g/mol. The van der Waals surface area contributed by atoms with E-state index in [0.29, 0.717) is 24.0 Å². The normalized spacial score (nSPS) is 12.4. The molecule has 8 heteroatoms. The number of carbonyl (C=O) groups excluding carboxylic acids is 1. The number of aryl methyl sites for hydroxylation is 2. The van der Waals surface area contributed by atoms with Crippen molar-refractivity contribution in [2.45, 2.75) is 57.4 Å². The molecule has 0 saturated heterocycles. The average Bonchev–Trinajstić information content (AvgIpc) is 2.89. The second-order valence-electron chi connectivity index (χ2n) is 9.36. The Morgan fingerprint density at radius 2 is 1.71 bits per heavy atom. The summed E-state index contributed by atoms with van der Waals surface area (Å²) < 4.78 is 39.5. The molecule has 0 radical (unpaired) electrons. The van der Waals surface area contributed by atoms with Gasteiger partial charge in [-0.3, -0.25) is 0 Å². The topological polar surface area (TPSA) is 103 Å². The zero-order valence-electron chi connectivity index (χ0n) is 21.7. The molecule has 4 rings (SSSR count). The zero-order chi connectivity index (χ0) is 27.3. The summed E-state index contributed by atoms with van der Waals surface area (Å²) in [6.07, 6.45) is 2.14. The Labute approximate surface area is 222 Å². The standard InChI is InChI=1S/C30H31NO6S/c1-4-5-11-27(31-38(34,35)24-15-12-20(2)13-16-24)30(33)36-23-14-17-25-21(3)26(29(32)37-28(25)19-23)18-22-9-7-6-8-10-22/h6-10,12-17,19,27,31H,4-5,11,18H2,1-3H3/t27-/m0/s1. The maximum atomic E-state index is 13.1. The monoisotopic (exact) mass is 533 g/mol. The smallest absolute Gasteiger partial charge is 0.340 e. The van der Waals surface area contributed by atoms with Gasteiger partial charge in [-0.05, 0) is 55.7 Å². The van der Waals surface area contributed by atoms with E-state index >= 15 is 0 Å². The van der Waals surface area contributed by atoms with Crippen LogP contribution in [0.15, 0.2) is 86.9 Å². The Morgan fingerprint density at radius 3 is 2.39 bits per heavy atom. The quantitative estimate of drug-likeness (QED) is 0.165. The van der Waals surface area contributed by atoms with Gasteiger partial charge >= 0.3 is 11.6 Å². The Kier molecular flexibility index (Phi) is 8.44. The Balaban J connectivity index is 1.56. The van der Waals surface area contributed by atoms with Crippen LogP contribution in [0.2, 0.25) is 0 Å². The van der Waals surface area contributed by atoms with Gasteiger partial charge in [-0.15, -0.1) is 0 Å². The molecule has 0 bridgehead atoms. The highest BCUT2D eigenvalue weighted by Gasteiger charge is 2.27. The van der Waals surface area contributed by atoms with Crippen LogP contribution in [-0.4, -0.2) is 20.4 Å². The zero-order valence-corrected chi connectivity index (χ0v) is 22.5. The minimum absolute atomic E-state index is 0.0756. The van der Waals surface area contributed by atoms with Crippen LogP contribution in [0.1, 0.15) is 48.4 Å². The number of esters is 1. The highest BCUT2D eigenvalue weighted by Crippen LogP contribution is 2.26. The van der Waals surface area contributed by atoms with Gasteiger partial charge in [-0.25, -0.2) is 18.0 Å². The number of hydrogen-bond acceptors (Lipinski definition) is 6. The highest BCUT2D eigenvalue weighted by atomic mass is 32.2. The third kappa shape index (κ3) is 6.38. The number of sulfonamides is 1. The van der Waals surface area contributed by atoms with E-state index in [1.54, 1.807) is 24.3 Å². The molecule has 1 aromatic heterocycles. The van der Waals surface area contributed by atoms with Gasteiger partial charge in [-0.1, -0.05) is 67.8 Å². The maximum absolute atomic E-state index is 13.1. The van der Waals surface area contributed by atoms with Crippen LogP contribution in [0.4, 0.5) is 0 Å². The van der Waals surface area contributed by atoms with Crippen LogP contribution in [0.5, 0.6) is 5.75 Å². The minimum atomic E-state index is -3.93. The molecule has 198 valence electrons. The van der Waals surface area contributed by atoms with Crippen LogP contribution in [0, 0.1) is 13.8 Å². The first-order valence-corrected chi connectivity index (χ1v) is 14.1. The van der Waals surface area contributed by atoms with Crippen LogP contribution < -0.4 is 15.1 Å². The number of nitrogens with one attached hydrogen (secondary N) is 1. The third-order valence-electron chi connectivity index (χ3n) is 6.46. The fraction of sp³-hybridized carbons (Fsp3) is 0.267. The van der Waals surface area contributed by atoms with E-state index in [2.05, 4.69) is 4.72 Å². The number of fused-ring (bicyclic) bond motifs is 1. The van der Waals surface area contributed by atoms with E-state index in [9.17, 15) is 18.0 Å². The van der Waals surface area contributed by atoms with Gasteiger partial charge < -0.3 is 9.15 Å². The number of benzene rings is 3. The Bertz CT molecular complexity index is 1590. The first-order valence-electron chi connectivity index (χ1n) is 12.6. The summed E-state index contributed by atoms with van der Waals surface area (Å²) in [7, 11) is -3.93. The number of ether oxygens (including phenoxy) is 1. The van der Waals surface area contributed by atoms with E-state index in [1.807, 2.05) is 51.1 Å². The summed E-state index contributed by atoms with van der Waals surface area (Å²) in [6.45, 7) is 5.68. The first-order chi connectivity index (χ1) is 18.2. The predicted molar refractivity (Wildman–Crippen MR) is 147 cm³/mol. The van der Waals surface area contributed by atoms with Crippen molar-refractivity contribution in [1.82, 2.24) is 4.72 Å². The van der Waals surface area contributed by atoms with Crippen molar-refractivity contribution in [1.29, 1.82) is 0 Å². The summed E-state index contributed by atoms with van der Waals surface area (Å²) in [4.78, 5) is 25.9. The summed E-state index contributed by atoms with van der Waals surface area (Å²) in [6, 6.07) is 19.8. The summed E-state index contributed by atoms with van der Waals surface area (Å²) >= 11 is 0. The molecule has 4 aromatic rings. The van der Waals surface area contributed by atoms with Crippen LogP contribution in [0.25, 0.3) is 11.0 Å². The molecule has 0 amide bonds. The van der Waals surface area contributed by atoms with Crippen LogP contribution in [-0.2, 0) is 21.2 Å². The molecule has 0 fully saturated rings. The molecule has 7 nitrogen and oxygen atoms in total. The lowest BCUT2D eigenvalue weighted by Gasteiger charge is -2.18. The van der Waals surface area contributed by atoms with Crippen molar-refractivity contribution in [3.8, 4) is 5.75 Å². The number of rotatable bonds is 10. The van der Waals surface area contributed by atoms with Crippen LogP contribution in [0.3, 0.4) is 0 Å². The molecule has 0 aliphatic heterocycles. The lowest BCUT2D eigenvalue weighted by atomic mass is 10.00. The highest BCUT2D eigenvalue weighted by molar-refractivity contribution is 7.89. The van der Waals surface area contributed by atoms with Crippen LogP contribution >= 0.6 is 0 Å². The minimum Gasteiger partial charge on any atom is -0.425 e. The molecule has 0 aliphatic rings. The number of hydrogen-bond donors (Lipinski definition) is 1. The second-order valence-corrected chi connectivity index (χ2v) is 11.1. The van der Waals surface area contributed by atoms with Gasteiger partial charge in [0, 0.05) is 23.4 Å². The SMILES string of the molecule is CCCC[C@H](NS(=O)(=O)c1ccc(C)cc1)C(=O)Oc1ccc2c(C)c(Cc3ccccc3)c(=O)oc2c1. The van der Waals surface area contributed by atoms with E-state index in [0.717, 1.165) is 28.5 Å². The van der Waals surface area contributed by atoms with Gasteiger partial charge in [0.25, 0.3) is 0 Å². The van der Waals surface area contributed by atoms with Crippen molar-refractivity contribution < 1.29 is 22.4 Å². The molecule has 0 spiro atoms. The van der Waals surface area contributed by atoms with E-state index in [4.69, 9.17) is 9.15 Å². The van der Waals surface area contributed by atoms with Crippen molar-refractivity contribution >= 4 is 27.0 Å². The van der Waals surface area contributed by atoms with E-state index in [1.165, 1.54) is 18.2 Å². The average molecular weight is 534 g/mol. The molecule has 0 unspecified atom stereocenters. The van der Waals surface area contributed by atoms with Crippen molar-refractivity contribution in [3.63, 3.8) is 0 Å². The molecule has 0 saturated carbocycles. The third-order valence-corrected chi connectivity index (χ3v) is 7.95. The molecule has 0 aliphatic carbocycles. The van der Waals surface area contributed by atoms with Crippen molar-refractivity contribution in [2.75, 3.05) is 0 Å². The molecule has 3 aromatic carbocycles. The second kappa shape index (κ2) is 11.8. The van der Waals surface area contributed by atoms with Crippen molar-refractivity contribution in [3.05, 3.63) is 105 Å². The van der Waals surface area contributed by atoms with E-state index in [-0.39, 0.29) is 17.1 Å². The molecule has 1 heterocycles. The number of unbranched alkanes of at least 4 members (excludes halogenated alkanes) is 1. The van der Waals surface area contributed by atoms with Gasteiger partial charge in [0.05, 0.1) is 4.90 Å². The van der Waals surface area contributed by atoms with Gasteiger partial charge in [0.1, 0.15) is 17.4 Å².